The molecular weight excluding hydrogens is 188 g/mol. The van der Waals surface area contributed by atoms with Crippen molar-refractivity contribution in [1.29, 1.82) is 0 Å². The molecule has 0 radical (unpaired) electrons. The molecule has 14 heavy (non-hydrogen) atoms. The molecule has 0 amide bonds. The van der Waals surface area contributed by atoms with Crippen LogP contribution in [0.4, 0.5) is 0 Å². The van der Waals surface area contributed by atoms with E-state index in [-0.39, 0.29) is 24.9 Å². The Morgan fingerprint density at radius 2 is 2.07 bits per heavy atom. The summed E-state index contributed by atoms with van der Waals surface area (Å²) in [5.74, 6) is -0.632. The molecule has 0 aromatic carbocycles. The van der Waals surface area contributed by atoms with Gasteiger partial charge in [-0.05, 0) is 13.8 Å². The van der Waals surface area contributed by atoms with Crippen molar-refractivity contribution >= 4 is 0 Å². The van der Waals surface area contributed by atoms with Gasteiger partial charge in [0.25, 0.3) is 0 Å². The maximum absolute atomic E-state index is 9.04. The largest absolute Gasteiger partial charge is 0.394 e. The maximum Gasteiger partial charge on any atom is 0.190 e. The van der Waals surface area contributed by atoms with E-state index in [1.54, 1.807) is 7.11 Å². The smallest absolute Gasteiger partial charge is 0.190 e. The highest BCUT2D eigenvalue weighted by molar-refractivity contribution is 4.93. The predicted molar refractivity (Wildman–Crippen MR) is 46.6 cm³/mol. The second-order valence-corrected chi connectivity index (χ2v) is 4.03. The molecule has 82 valence electrons. The van der Waals surface area contributed by atoms with Crippen LogP contribution in [-0.2, 0) is 18.9 Å². The minimum Gasteiger partial charge on any atom is -0.394 e. The van der Waals surface area contributed by atoms with Gasteiger partial charge in [-0.1, -0.05) is 0 Å². The number of rotatable bonds is 2. The first-order valence-corrected chi connectivity index (χ1v) is 4.72. The van der Waals surface area contributed by atoms with Crippen LogP contribution in [0.15, 0.2) is 0 Å². The molecule has 1 N–H and O–H groups in total. The molecule has 2 fully saturated rings. The van der Waals surface area contributed by atoms with Crippen LogP contribution < -0.4 is 0 Å². The second kappa shape index (κ2) is 3.43. The Labute approximate surface area is 82.9 Å². The summed E-state index contributed by atoms with van der Waals surface area (Å²) >= 11 is 0. The quantitative estimate of drug-likeness (QED) is 0.679. The monoisotopic (exact) mass is 204 g/mol. The zero-order valence-electron chi connectivity index (χ0n) is 8.60. The van der Waals surface area contributed by atoms with Crippen LogP contribution in [0, 0.1) is 0 Å². The van der Waals surface area contributed by atoms with Crippen molar-refractivity contribution in [1.82, 2.24) is 0 Å². The van der Waals surface area contributed by atoms with Crippen molar-refractivity contribution in [2.75, 3.05) is 13.7 Å². The van der Waals surface area contributed by atoms with Crippen molar-refractivity contribution in [3.05, 3.63) is 0 Å². The van der Waals surface area contributed by atoms with E-state index < -0.39 is 12.1 Å². The van der Waals surface area contributed by atoms with E-state index in [4.69, 9.17) is 24.1 Å². The first-order chi connectivity index (χ1) is 6.57. The van der Waals surface area contributed by atoms with Crippen molar-refractivity contribution in [2.45, 2.75) is 44.2 Å². The van der Waals surface area contributed by atoms with Crippen LogP contribution in [0.1, 0.15) is 13.8 Å². The third-order valence-electron chi connectivity index (χ3n) is 2.54. The highest BCUT2D eigenvalue weighted by atomic mass is 16.8. The lowest BCUT2D eigenvalue weighted by Crippen LogP contribution is -2.37. The van der Waals surface area contributed by atoms with Gasteiger partial charge in [-0.3, -0.25) is 0 Å². The predicted octanol–water partition coefficient (Wildman–Crippen LogP) is -0.130. The minimum absolute atomic E-state index is 0.0847. The van der Waals surface area contributed by atoms with Gasteiger partial charge in [0.05, 0.1) is 6.61 Å². The molecule has 0 bridgehead atoms. The van der Waals surface area contributed by atoms with E-state index in [1.165, 1.54) is 0 Å². The summed E-state index contributed by atoms with van der Waals surface area (Å²) in [6.45, 7) is 3.57. The van der Waals surface area contributed by atoms with Gasteiger partial charge in [0.2, 0.25) is 0 Å². The molecule has 0 aromatic heterocycles. The Morgan fingerprint density at radius 1 is 1.36 bits per heavy atom. The fraction of sp³-hybridized carbons (Fsp3) is 1.00. The van der Waals surface area contributed by atoms with Gasteiger partial charge < -0.3 is 24.1 Å². The number of ether oxygens (including phenoxy) is 4. The average molecular weight is 204 g/mol. The number of methoxy groups -OCH3 is 1. The van der Waals surface area contributed by atoms with Crippen LogP contribution in [-0.4, -0.2) is 49.2 Å². The molecule has 2 saturated heterocycles. The van der Waals surface area contributed by atoms with Crippen molar-refractivity contribution in [2.24, 2.45) is 0 Å². The zero-order valence-corrected chi connectivity index (χ0v) is 8.60. The lowest BCUT2D eigenvalue weighted by molar-refractivity contribution is -0.220. The van der Waals surface area contributed by atoms with E-state index in [1.807, 2.05) is 13.8 Å². The molecule has 2 heterocycles. The van der Waals surface area contributed by atoms with E-state index in [9.17, 15) is 0 Å². The van der Waals surface area contributed by atoms with Gasteiger partial charge in [-0.2, -0.15) is 0 Å². The lowest BCUT2D eigenvalue weighted by atomic mass is 10.1. The summed E-state index contributed by atoms with van der Waals surface area (Å²) in [6, 6.07) is 0. The maximum atomic E-state index is 9.04. The molecule has 2 aliphatic heterocycles. The molecule has 5 nitrogen and oxygen atoms in total. The summed E-state index contributed by atoms with van der Waals surface area (Å²) in [5, 5.41) is 9.04. The van der Waals surface area contributed by atoms with Crippen molar-refractivity contribution < 1.29 is 24.1 Å². The molecule has 2 aliphatic rings. The minimum atomic E-state index is -0.632. The van der Waals surface area contributed by atoms with Gasteiger partial charge in [-0.15, -0.1) is 0 Å². The summed E-state index contributed by atoms with van der Waals surface area (Å²) in [5.41, 5.74) is 0. The first kappa shape index (κ1) is 10.3. The highest BCUT2D eigenvalue weighted by Gasteiger charge is 2.54. The third kappa shape index (κ3) is 1.55. The van der Waals surface area contributed by atoms with Crippen LogP contribution in [0.3, 0.4) is 0 Å². The van der Waals surface area contributed by atoms with Crippen LogP contribution in [0.5, 0.6) is 0 Å². The zero-order chi connectivity index (χ0) is 10.3. The fourth-order valence-electron chi connectivity index (χ4n) is 1.98. The van der Waals surface area contributed by atoms with Crippen molar-refractivity contribution in [3.63, 3.8) is 0 Å². The molecule has 0 aromatic rings. The average Bonchev–Trinajstić information content (AvgIpc) is 2.55. The van der Waals surface area contributed by atoms with Gasteiger partial charge in [0.15, 0.2) is 12.1 Å². The van der Waals surface area contributed by atoms with Gasteiger partial charge in [0.1, 0.15) is 18.3 Å². The normalized spacial score (nSPS) is 45.4. The Kier molecular flexibility index (Phi) is 2.53. The number of fused-ring (bicyclic) bond motifs is 1. The Bertz CT molecular complexity index is 217. The Balaban J connectivity index is 2.09. The third-order valence-corrected chi connectivity index (χ3v) is 2.54. The lowest BCUT2D eigenvalue weighted by Gasteiger charge is -2.23. The number of hydrogen-bond donors (Lipinski definition) is 1. The molecule has 5 heteroatoms. The molecule has 0 unspecified atom stereocenters. The van der Waals surface area contributed by atoms with E-state index >= 15 is 0 Å². The van der Waals surface area contributed by atoms with Gasteiger partial charge in [-0.25, -0.2) is 0 Å². The molecular formula is C9H16O5. The number of aliphatic hydroxyl groups excluding tert-OH is 1. The summed E-state index contributed by atoms with van der Waals surface area (Å²) < 4.78 is 21.8. The second-order valence-electron chi connectivity index (χ2n) is 4.03. The molecule has 4 atom stereocenters. The Hall–Kier alpha value is -0.200. The summed E-state index contributed by atoms with van der Waals surface area (Å²) in [4.78, 5) is 0. The molecule has 0 saturated carbocycles. The van der Waals surface area contributed by atoms with Gasteiger partial charge >= 0.3 is 0 Å². The van der Waals surface area contributed by atoms with E-state index in [2.05, 4.69) is 0 Å². The van der Waals surface area contributed by atoms with Crippen LogP contribution in [0.25, 0.3) is 0 Å². The van der Waals surface area contributed by atoms with E-state index in [0.717, 1.165) is 0 Å². The first-order valence-electron chi connectivity index (χ1n) is 4.72. The van der Waals surface area contributed by atoms with E-state index in [0.29, 0.717) is 0 Å². The standard InChI is InChI=1S/C9H16O5/c1-9(2)13-7-6(11-3)5(4-10)12-8(7)14-9/h5-8,10H,4H2,1-3H3/t5-,6-,7+,8+/m0/s1. The molecule has 0 spiro atoms. The van der Waals surface area contributed by atoms with Crippen LogP contribution >= 0.6 is 0 Å². The number of hydrogen-bond acceptors (Lipinski definition) is 5. The summed E-state index contributed by atoms with van der Waals surface area (Å²) in [6.07, 6.45) is -1.28. The SMILES string of the molecule is CO[C@@H]1[C@H]2OC(C)(C)O[C@H]2O[C@H]1CO. The van der Waals surface area contributed by atoms with Crippen LogP contribution in [0.2, 0.25) is 0 Å². The van der Waals surface area contributed by atoms with Crippen molar-refractivity contribution in [3.8, 4) is 0 Å². The molecule has 0 aliphatic carbocycles. The number of aliphatic hydroxyl groups is 1. The molecule has 2 rings (SSSR count). The van der Waals surface area contributed by atoms with Gasteiger partial charge in [0, 0.05) is 7.11 Å². The fourth-order valence-corrected chi connectivity index (χ4v) is 1.98. The summed E-state index contributed by atoms with van der Waals surface area (Å²) in [7, 11) is 1.58. The topological polar surface area (TPSA) is 57.2 Å². The Morgan fingerprint density at radius 3 is 2.64 bits per heavy atom. The highest BCUT2D eigenvalue weighted by Crippen LogP contribution is 2.38.